The summed E-state index contributed by atoms with van der Waals surface area (Å²) in [6.07, 6.45) is 17.4. The molecule has 10 heteroatoms. The van der Waals surface area contributed by atoms with Gasteiger partial charge in [-0.05, 0) is 57.2 Å². The fourth-order valence-corrected chi connectivity index (χ4v) is 6.66. The van der Waals surface area contributed by atoms with Gasteiger partial charge in [0.05, 0.1) is 18.2 Å². The first kappa shape index (κ1) is 35.8. The first-order chi connectivity index (χ1) is 22.0. The SMILES string of the molecule is C/C(=C\C=C\C(C)c1ccncn1)[C@H]1OC(=O)C[C@@H](O)CC[C@](C)(O)[C@@H](OC(=O)N2CCN(C3CCCCCC3)CC2)/C=C/[C@@H]1C. The molecule has 3 heterocycles. The molecule has 1 aliphatic carbocycles. The van der Waals surface area contributed by atoms with Crippen molar-refractivity contribution < 1.29 is 29.3 Å². The summed E-state index contributed by atoms with van der Waals surface area (Å²) in [6, 6.07) is 2.47. The van der Waals surface area contributed by atoms with Crippen LogP contribution in [-0.4, -0.2) is 98.2 Å². The summed E-state index contributed by atoms with van der Waals surface area (Å²) in [5, 5.41) is 22.1. The lowest BCUT2D eigenvalue weighted by atomic mass is 9.88. The summed E-state index contributed by atoms with van der Waals surface area (Å²) >= 11 is 0. The highest BCUT2D eigenvalue weighted by Crippen LogP contribution is 2.28. The predicted octanol–water partition coefficient (Wildman–Crippen LogP) is 5.33. The van der Waals surface area contributed by atoms with Crippen molar-refractivity contribution in [1.29, 1.82) is 0 Å². The normalized spacial score (nSPS) is 31.3. The van der Waals surface area contributed by atoms with E-state index < -0.39 is 36.0 Å². The summed E-state index contributed by atoms with van der Waals surface area (Å²) in [7, 11) is 0. The zero-order valence-electron chi connectivity index (χ0n) is 28.1. The number of nitrogens with zero attached hydrogens (tertiary/aromatic N) is 4. The third-order valence-corrected chi connectivity index (χ3v) is 9.74. The Hall–Kier alpha value is -3.08. The molecule has 1 saturated carbocycles. The van der Waals surface area contributed by atoms with Crippen molar-refractivity contribution in [2.24, 2.45) is 5.92 Å². The average Bonchev–Trinajstić information content (AvgIpc) is 3.34. The van der Waals surface area contributed by atoms with Gasteiger partial charge in [0.15, 0.2) is 6.10 Å². The third kappa shape index (κ3) is 10.5. The first-order valence-electron chi connectivity index (χ1n) is 17.1. The number of aromatic nitrogens is 2. The highest BCUT2D eigenvalue weighted by atomic mass is 16.6. The van der Waals surface area contributed by atoms with Gasteiger partial charge in [0.1, 0.15) is 18.0 Å². The highest BCUT2D eigenvalue weighted by molar-refractivity contribution is 5.70. The quantitative estimate of drug-likeness (QED) is 0.184. The number of ether oxygens (including phenoxy) is 2. The monoisotopic (exact) mass is 638 g/mol. The molecule has 1 saturated heterocycles. The molecule has 0 bridgehead atoms. The van der Waals surface area contributed by atoms with Crippen molar-refractivity contribution in [2.45, 2.75) is 121 Å². The largest absolute Gasteiger partial charge is 0.457 e. The van der Waals surface area contributed by atoms with Crippen LogP contribution in [0.2, 0.25) is 0 Å². The number of cyclic esters (lactones) is 1. The van der Waals surface area contributed by atoms with E-state index >= 15 is 0 Å². The number of esters is 1. The molecule has 10 nitrogen and oxygen atoms in total. The lowest BCUT2D eigenvalue weighted by Crippen LogP contribution is -2.53. The molecule has 46 heavy (non-hydrogen) atoms. The molecule has 2 fully saturated rings. The molecular weight excluding hydrogens is 584 g/mol. The molecule has 6 atom stereocenters. The molecule has 3 aliphatic rings. The summed E-state index contributed by atoms with van der Waals surface area (Å²) in [6.45, 7) is 10.3. The summed E-state index contributed by atoms with van der Waals surface area (Å²) in [5.41, 5.74) is 0.266. The van der Waals surface area contributed by atoms with E-state index in [-0.39, 0.29) is 31.1 Å². The van der Waals surface area contributed by atoms with E-state index in [1.165, 1.54) is 44.9 Å². The lowest BCUT2D eigenvalue weighted by molar-refractivity contribution is -0.151. The molecule has 254 valence electrons. The first-order valence-corrected chi connectivity index (χ1v) is 17.1. The van der Waals surface area contributed by atoms with E-state index in [4.69, 9.17) is 9.47 Å². The summed E-state index contributed by atoms with van der Waals surface area (Å²) in [4.78, 5) is 38.7. The molecule has 0 aromatic carbocycles. The number of rotatable bonds is 6. The van der Waals surface area contributed by atoms with Crippen LogP contribution >= 0.6 is 0 Å². The van der Waals surface area contributed by atoms with Crippen LogP contribution in [0.1, 0.15) is 97.1 Å². The fourth-order valence-electron chi connectivity index (χ4n) is 6.66. The number of hydrogen-bond acceptors (Lipinski definition) is 9. The molecule has 0 spiro atoms. The standard InChI is InChI=1S/C36H54N4O6/c1-26(31-17-19-37-25-38-31)10-9-11-27(2)34-28(3)14-15-32(36(4,44)18-16-30(41)24-33(42)46-34)45-35(43)40-22-20-39(21-23-40)29-12-7-5-6-8-13-29/h9-11,14-15,17,19,25-26,28-30,32,34,41,44H,5-8,12-13,16,18,20-24H2,1-4H3/b10-9+,15-14+,27-11+/t26?,28-,30-,32-,34+,36-/m0/s1. The number of carbonyl (C=O) groups excluding carboxylic acids is 2. The zero-order chi connectivity index (χ0) is 33.1. The van der Waals surface area contributed by atoms with E-state index in [2.05, 4.69) is 14.9 Å². The van der Waals surface area contributed by atoms with Crippen molar-refractivity contribution in [3.8, 4) is 0 Å². The molecule has 1 unspecified atom stereocenters. The Bertz CT molecular complexity index is 1200. The van der Waals surface area contributed by atoms with E-state index in [9.17, 15) is 19.8 Å². The zero-order valence-corrected chi connectivity index (χ0v) is 28.1. The maximum atomic E-state index is 13.4. The number of amides is 1. The maximum Gasteiger partial charge on any atom is 0.410 e. The number of piperazine rings is 1. The molecule has 1 aromatic heterocycles. The molecule has 4 rings (SSSR count). The van der Waals surface area contributed by atoms with Gasteiger partial charge in [-0.1, -0.05) is 63.8 Å². The smallest absolute Gasteiger partial charge is 0.410 e. The number of allylic oxidation sites excluding steroid dienone is 3. The molecule has 1 aromatic rings. The summed E-state index contributed by atoms with van der Waals surface area (Å²) in [5.74, 6) is -0.740. The lowest BCUT2D eigenvalue weighted by Gasteiger charge is -2.40. The van der Waals surface area contributed by atoms with Crippen LogP contribution < -0.4 is 0 Å². The van der Waals surface area contributed by atoms with Gasteiger partial charge in [0, 0.05) is 50.3 Å². The van der Waals surface area contributed by atoms with Crippen molar-refractivity contribution >= 4 is 12.1 Å². The van der Waals surface area contributed by atoms with Gasteiger partial charge in [-0.25, -0.2) is 14.8 Å². The minimum absolute atomic E-state index is 0.0656. The Morgan fingerprint density at radius 3 is 2.52 bits per heavy atom. The van der Waals surface area contributed by atoms with Crippen molar-refractivity contribution in [3.63, 3.8) is 0 Å². The Kier molecular flexibility index (Phi) is 13.4. The van der Waals surface area contributed by atoms with Crippen molar-refractivity contribution in [1.82, 2.24) is 19.8 Å². The van der Waals surface area contributed by atoms with E-state index in [0.717, 1.165) is 24.4 Å². The molecule has 2 N–H and O–H groups in total. The molecule has 2 aliphatic heterocycles. The van der Waals surface area contributed by atoms with Gasteiger partial charge in [0.2, 0.25) is 0 Å². The van der Waals surface area contributed by atoms with Gasteiger partial charge in [-0.2, -0.15) is 0 Å². The number of carbonyl (C=O) groups is 2. The minimum Gasteiger partial charge on any atom is -0.457 e. The molecular formula is C36H54N4O6. The molecule has 0 radical (unpaired) electrons. The minimum atomic E-state index is -1.45. The van der Waals surface area contributed by atoms with Crippen LogP contribution in [0.25, 0.3) is 0 Å². The van der Waals surface area contributed by atoms with Crippen LogP contribution in [0.15, 0.2) is 54.5 Å². The Morgan fingerprint density at radius 2 is 1.85 bits per heavy atom. The number of aliphatic hydroxyl groups excluding tert-OH is 1. The predicted molar refractivity (Wildman–Crippen MR) is 177 cm³/mol. The van der Waals surface area contributed by atoms with Gasteiger partial charge in [0.25, 0.3) is 0 Å². The Morgan fingerprint density at radius 1 is 1.13 bits per heavy atom. The van der Waals surface area contributed by atoms with Crippen molar-refractivity contribution in [2.75, 3.05) is 26.2 Å². The van der Waals surface area contributed by atoms with Crippen LogP contribution in [0, 0.1) is 5.92 Å². The van der Waals surface area contributed by atoms with Gasteiger partial charge >= 0.3 is 12.1 Å². The van der Waals surface area contributed by atoms with E-state index in [0.29, 0.717) is 19.1 Å². The highest BCUT2D eigenvalue weighted by Gasteiger charge is 2.37. The number of aliphatic hydroxyl groups is 2. The van der Waals surface area contributed by atoms with Crippen molar-refractivity contribution in [3.05, 3.63) is 60.2 Å². The topological polar surface area (TPSA) is 125 Å². The average molecular weight is 639 g/mol. The summed E-state index contributed by atoms with van der Waals surface area (Å²) < 4.78 is 11.9. The van der Waals surface area contributed by atoms with Gasteiger partial charge < -0.3 is 24.6 Å². The van der Waals surface area contributed by atoms with Gasteiger partial charge in [-0.15, -0.1) is 0 Å². The van der Waals surface area contributed by atoms with E-state index in [1.54, 1.807) is 24.1 Å². The van der Waals surface area contributed by atoms with Crippen LogP contribution in [0.3, 0.4) is 0 Å². The fraction of sp³-hybridized carbons (Fsp3) is 0.667. The Labute approximate surface area is 274 Å². The second-order valence-corrected chi connectivity index (χ2v) is 13.6. The third-order valence-electron chi connectivity index (χ3n) is 9.74. The van der Waals surface area contributed by atoms with E-state index in [1.807, 2.05) is 51.1 Å². The van der Waals surface area contributed by atoms with Crippen LogP contribution in [0.5, 0.6) is 0 Å². The number of hydrogen-bond donors (Lipinski definition) is 2. The second-order valence-electron chi connectivity index (χ2n) is 13.6. The second kappa shape index (κ2) is 17.2. The Balaban J connectivity index is 1.45. The molecule has 1 amide bonds. The maximum absolute atomic E-state index is 13.4. The van der Waals surface area contributed by atoms with Crippen LogP contribution in [-0.2, 0) is 14.3 Å². The van der Waals surface area contributed by atoms with Crippen LogP contribution in [0.4, 0.5) is 4.79 Å². The van der Waals surface area contributed by atoms with Gasteiger partial charge in [-0.3, -0.25) is 9.69 Å².